The number of aliphatic hydroxyl groups excluding tert-OH is 1. The van der Waals surface area contributed by atoms with E-state index in [0.29, 0.717) is 0 Å². The Morgan fingerprint density at radius 2 is 1.75 bits per heavy atom. The minimum absolute atomic E-state index is 0.104. The lowest BCUT2D eigenvalue weighted by Crippen LogP contribution is -2.31. The first-order chi connectivity index (χ1) is 5.60. The molecule has 0 saturated heterocycles. The van der Waals surface area contributed by atoms with Crippen LogP contribution in [-0.2, 0) is 0 Å². The van der Waals surface area contributed by atoms with Crippen LogP contribution < -0.4 is 0 Å². The molecule has 0 aliphatic heterocycles. The van der Waals surface area contributed by atoms with Crippen molar-refractivity contribution in [1.82, 2.24) is 0 Å². The quantitative estimate of drug-likeness (QED) is 0.651. The van der Waals surface area contributed by atoms with Gasteiger partial charge in [0, 0.05) is 0 Å². The Bertz CT molecular complexity index is 112. The predicted molar refractivity (Wildman–Crippen MR) is 54.2 cm³/mol. The van der Waals surface area contributed by atoms with Crippen LogP contribution >= 0.6 is 0 Å². The van der Waals surface area contributed by atoms with Crippen LogP contribution in [0.5, 0.6) is 0 Å². The SMILES string of the molecule is CCCC(O)C(C)(CC)CCC. The summed E-state index contributed by atoms with van der Waals surface area (Å²) in [6.07, 6.45) is 5.33. The second-order valence-corrected chi connectivity index (χ2v) is 4.06. The molecule has 1 N–H and O–H groups in total. The van der Waals surface area contributed by atoms with Crippen LogP contribution in [0.15, 0.2) is 0 Å². The summed E-state index contributed by atoms with van der Waals surface area (Å²) in [5.41, 5.74) is 0.158. The lowest BCUT2D eigenvalue weighted by atomic mass is 9.76. The van der Waals surface area contributed by atoms with Crippen molar-refractivity contribution in [2.75, 3.05) is 0 Å². The molecule has 0 aliphatic rings. The van der Waals surface area contributed by atoms with Gasteiger partial charge in [0.2, 0.25) is 0 Å². The van der Waals surface area contributed by atoms with Crippen molar-refractivity contribution >= 4 is 0 Å². The van der Waals surface area contributed by atoms with Gasteiger partial charge in [0.25, 0.3) is 0 Å². The maximum absolute atomic E-state index is 9.90. The van der Waals surface area contributed by atoms with Gasteiger partial charge in [-0.05, 0) is 24.7 Å². The van der Waals surface area contributed by atoms with Crippen molar-refractivity contribution < 1.29 is 5.11 Å². The average Bonchev–Trinajstić information content (AvgIpc) is 2.05. The van der Waals surface area contributed by atoms with Crippen molar-refractivity contribution in [3.8, 4) is 0 Å². The van der Waals surface area contributed by atoms with Gasteiger partial charge in [-0.3, -0.25) is 0 Å². The molecular weight excluding hydrogens is 148 g/mol. The third-order valence-corrected chi connectivity index (χ3v) is 3.00. The van der Waals surface area contributed by atoms with Crippen molar-refractivity contribution in [1.29, 1.82) is 0 Å². The number of aliphatic hydroxyl groups is 1. The molecule has 0 fully saturated rings. The van der Waals surface area contributed by atoms with E-state index in [1.165, 1.54) is 6.42 Å². The molecule has 2 unspecified atom stereocenters. The van der Waals surface area contributed by atoms with E-state index in [1.807, 2.05) is 0 Å². The van der Waals surface area contributed by atoms with E-state index in [0.717, 1.165) is 25.7 Å². The topological polar surface area (TPSA) is 20.2 Å². The Morgan fingerprint density at radius 3 is 2.08 bits per heavy atom. The first-order valence-corrected chi connectivity index (χ1v) is 5.28. The molecule has 0 saturated carbocycles. The zero-order chi connectivity index (χ0) is 9.61. The normalized spacial score (nSPS) is 18.8. The molecule has 12 heavy (non-hydrogen) atoms. The van der Waals surface area contributed by atoms with Gasteiger partial charge in [0.1, 0.15) is 0 Å². The van der Waals surface area contributed by atoms with Gasteiger partial charge >= 0.3 is 0 Å². The number of rotatable bonds is 6. The van der Waals surface area contributed by atoms with Crippen LogP contribution in [0, 0.1) is 5.41 Å². The molecule has 2 atom stereocenters. The molecular formula is C11H24O. The fourth-order valence-corrected chi connectivity index (χ4v) is 1.77. The van der Waals surface area contributed by atoms with E-state index in [4.69, 9.17) is 0 Å². The fraction of sp³-hybridized carbons (Fsp3) is 1.00. The number of hydrogen-bond acceptors (Lipinski definition) is 1. The summed E-state index contributed by atoms with van der Waals surface area (Å²) in [7, 11) is 0. The standard InChI is InChI=1S/C11H24O/c1-5-8-10(12)11(4,7-3)9-6-2/h10,12H,5-9H2,1-4H3. The molecule has 0 bridgehead atoms. The van der Waals surface area contributed by atoms with Gasteiger partial charge in [-0.1, -0.05) is 40.5 Å². The zero-order valence-electron chi connectivity index (χ0n) is 9.06. The van der Waals surface area contributed by atoms with Crippen LogP contribution in [0.25, 0.3) is 0 Å². The molecule has 0 aromatic carbocycles. The Kier molecular flexibility index (Phi) is 5.56. The fourth-order valence-electron chi connectivity index (χ4n) is 1.77. The van der Waals surface area contributed by atoms with Crippen LogP contribution in [0.4, 0.5) is 0 Å². The summed E-state index contributed by atoms with van der Waals surface area (Å²) in [5.74, 6) is 0. The molecule has 1 nitrogen and oxygen atoms in total. The molecule has 0 rings (SSSR count). The van der Waals surface area contributed by atoms with Crippen molar-refractivity contribution in [2.45, 2.75) is 65.9 Å². The zero-order valence-corrected chi connectivity index (χ0v) is 9.06. The minimum atomic E-state index is -0.104. The van der Waals surface area contributed by atoms with Gasteiger partial charge < -0.3 is 5.11 Å². The summed E-state index contributed by atoms with van der Waals surface area (Å²) in [6, 6.07) is 0. The lowest BCUT2D eigenvalue weighted by Gasteiger charge is -2.33. The highest BCUT2D eigenvalue weighted by Crippen LogP contribution is 2.33. The van der Waals surface area contributed by atoms with Crippen LogP contribution in [0.2, 0.25) is 0 Å². The summed E-state index contributed by atoms with van der Waals surface area (Å²) in [5, 5.41) is 9.90. The van der Waals surface area contributed by atoms with Gasteiger partial charge in [0.15, 0.2) is 0 Å². The molecule has 0 radical (unpaired) electrons. The monoisotopic (exact) mass is 172 g/mol. The third-order valence-electron chi connectivity index (χ3n) is 3.00. The van der Waals surface area contributed by atoms with Gasteiger partial charge in [-0.15, -0.1) is 0 Å². The number of hydrogen-bond donors (Lipinski definition) is 1. The largest absolute Gasteiger partial charge is 0.393 e. The molecule has 0 amide bonds. The molecule has 0 spiro atoms. The molecule has 0 aliphatic carbocycles. The average molecular weight is 172 g/mol. The Hall–Kier alpha value is -0.0400. The second kappa shape index (κ2) is 5.58. The highest BCUT2D eigenvalue weighted by molar-refractivity contribution is 4.80. The van der Waals surface area contributed by atoms with E-state index in [1.54, 1.807) is 0 Å². The van der Waals surface area contributed by atoms with E-state index in [9.17, 15) is 5.11 Å². The molecule has 0 aromatic rings. The van der Waals surface area contributed by atoms with Gasteiger partial charge in [0.05, 0.1) is 6.10 Å². The second-order valence-electron chi connectivity index (χ2n) is 4.06. The summed E-state index contributed by atoms with van der Waals surface area (Å²) in [4.78, 5) is 0. The van der Waals surface area contributed by atoms with Gasteiger partial charge in [-0.25, -0.2) is 0 Å². The third kappa shape index (κ3) is 3.14. The summed E-state index contributed by atoms with van der Waals surface area (Å²) in [6.45, 7) is 8.70. The Labute approximate surface area is 77.2 Å². The molecule has 1 heteroatoms. The Morgan fingerprint density at radius 1 is 1.17 bits per heavy atom. The van der Waals surface area contributed by atoms with Gasteiger partial charge in [-0.2, -0.15) is 0 Å². The van der Waals surface area contributed by atoms with E-state index >= 15 is 0 Å². The van der Waals surface area contributed by atoms with E-state index in [2.05, 4.69) is 27.7 Å². The first-order valence-electron chi connectivity index (χ1n) is 5.28. The predicted octanol–water partition coefficient (Wildman–Crippen LogP) is 3.36. The lowest BCUT2D eigenvalue weighted by molar-refractivity contribution is 0.0203. The maximum atomic E-state index is 9.90. The van der Waals surface area contributed by atoms with Crippen molar-refractivity contribution in [3.05, 3.63) is 0 Å². The first kappa shape index (κ1) is 12.0. The van der Waals surface area contributed by atoms with E-state index in [-0.39, 0.29) is 11.5 Å². The minimum Gasteiger partial charge on any atom is -0.393 e. The highest BCUT2D eigenvalue weighted by atomic mass is 16.3. The van der Waals surface area contributed by atoms with Crippen LogP contribution in [0.1, 0.15) is 59.8 Å². The molecule has 74 valence electrons. The highest BCUT2D eigenvalue weighted by Gasteiger charge is 2.29. The van der Waals surface area contributed by atoms with Crippen LogP contribution in [0.3, 0.4) is 0 Å². The van der Waals surface area contributed by atoms with E-state index < -0.39 is 0 Å². The molecule has 0 heterocycles. The smallest absolute Gasteiger partial charge is 0.0593 e. The van der Waals surface area contributed by atoms with Crippen molar-refractivity contribution in [2.24, 2.45) is 5.41 Å². The summed E-state index contributed by atoms with van der Waals surface area (Å²) < 4.78 is 0. The maximum Gasteiger partial charge on any atom is 0.0593 e. The summed E-state index contributed by atoms with van der Waals surface area (Å²) >= 11 is 0. The Balaban J connectivity index is 4.08. The van der Waals surface area contributed by atoms with Crippen molar-refractivity contribution in [3.63, 3.8) is 0 Å². The molecule has 0 aromatic heterocycles. The van der Waals surface area contributed by atoms with Crippen LogP contribution in [-0.4, -0.2) is 11.2 Å².